The molecule has 4 rings (SSSR count). The zero-order valence-corrected chi connectivity index (χ0v) is 22.0. The molecule has 1 aliphatic rings. The largest absolute Gasteiger partial charge is 0.494 e. The molecule has 0 unspecified atom stereocenters. The highest BCUT2D eigenvalue weighted by Crippen LogP contribution is 2.20. The van der Waals surface area contributed by atoms with Gasteiger partial charge in [0.2, 0.25) is 5.91 Å². The van der Waals surface area contributed by atoms with Crippen molar-refractivity contribution in [2.24, 2.45) is 4.99 Å². The molecular weight excluding hydrogens is 539 g/mol. The third kappa shape index (κ3) is 7.35. The molecule has 0 aromatic heterocycles. The number of carbonyl (C=O) groups excluding carboxylic acids is 1. The summed E-state index contributed by atoms with van der Waals surface area (Å²) < 4.78 is 5.91. The molecule has 1 fully saturated rings. The van der Waals surface area contributed by atoms with Crippen molar-refractivity contribution in [1.29, 1.82) is 0 Å². The van der Waals surface area contributed by atoms with Crippen LogP contribution in [0.1, 0.15) is 30.4 Å². The lowest BCUT2D eigenvalue weighted by Crippen LogP contribution is -2.37. The number of aliphatic imine (C=N–C) groups is 1. The van der Waals surface area contributed by atoms with E-state index in [2.05, 4.69) is 58.1 Å². The van der Waals surface area contributed by atoms with E-state index < -0.39 is 0 Å². The van der Waals surface area contributed by atoms with Crippen LogP contribution in [0.4, 0.5) is 0 Å². The Hall–Kier alpha value is -2.81. The maximum absolute atomic E-state index is 11.9. The van der Waals surface area contributed by atoms with Crippen LogP contribution in [0.5, 0.6) is 5.75 Å². The van der Waals surface area contributed by atoms with Crippen LogP contribution >= 0.6 is 24.0 Å². The molecule has 1 heterocycles. The van der Waals surface area contributed by atoms with Crippen molar-refractivity contribution in [2.75, 3.05) is 26.7 Å². The van der Waals surface area contributed by atoms with E-state index in [0.29, 0.717) is 26.1 Å². The molecule has 3 aromatic carbocycles. The van der Waals surface area contributed by atoms with Gasteiger partial charge in [-0.2, -0.15) is 0 Å². The molecule has 0 spiro atoms. The standard InChI is InChI=1S/C27H32N4O2.HI/c1-28-27(29-14-6-16-33-25-13-12-23-9-2-3-10-24(23)18-25)30-19-21-7-4-8-22(17-21)20-31-15-5-11-26(31)32;/h2-4,7-10,12-13,17-18H,5-6,11,14-16,19-20H2,1H3,(H2,28,29,30);1H. The minimum Gasteiger partial charge on any atom is -0.494 e. The highest BCUT2D eigenvalue weighted by molar-refractivity contribution is 14.0. The number of nitrogens with zero attached hydrogens (tertiary/aromatic N) is 2. The van der Waals surface area contributed by atoms with E-state index in [0.717, 1.165) is 37.6 Å². The van der Waals surface area contributed by atoms with Crippen LogP contribution in [0.2, 0.25) is 0 Å². The van der Waals surface area contributed by atoms with Gasteiger partial charge >= 0.3 is 0 Å². The van der Waals surface area contributed by atoms with Gasteiger partial charge in [0.1, 0.15) is 5.75 Å². The molecule has 6 nitrogen and oxygen atoms in total. The summed E-state index contributed by atoms with van der Waals surface area (Å²) in [6, 6.07) is 22.9. The molecule has 1 amide bonds. The highest BCUT2D eigenvalue weighted by Gasteiger charge is 2.19. The molecule has 2 N–H and O–H groups in total. The van der Waals surface area contributed by atoms with Crippen molar-refractivity contribution in [3.63, 3.8) is 0 Å². The summed E-state index contributed by atoms with van der Waals surface area (Å²) in [7, 11) is 1.77. The molecule has 0 saturated carbocycles. The fraction of sp³-hybridized carbons (Fsp3) is 0.333. The van der Waals surface area contributed by atoms with Crippen LogP contribution < -0.4 is 15.4 Å². The van der Waals surface area contributed by atoms with Crippen LogP contribution in [-0.2, 0) is 17.9 Å². The number of carbonyl (C=O) groups is 1. The summed E-state index contributed by atoms with van der Waals surface area (Å²) in [5.74, 6) is 1.92. The third-order valence-electron chi connectivity index (χ3n) is 5.82. The number of nitrogens with one attached hydrogen (secondary N) is 2. The van der Waals surface area contributed by atoms with E-state index in [1.165, 1.54) is 21.9 Å². The zero-order valence-electron chi connectivity index (χ0n) is 19.6. The quantitative estimate of drug-likeness (QED) is 0.169. The minimum absolute atomic E-state index is 0. The Morgan fingerprint density at radius 1 is 1.00 bits per heavy atom. The third-order valence-corrected chi connectivity index (χ3v) is 5.82. The van der Waals surface area contributed by atoms with Crippen LogP contribution in [0.3, 0.4) is 0 Å². The van der Waals surface area contributed by atoms with Crippen LogP contribution in [0, 0.1) is 0 Å². The lowest BCUT2D eigenvalue weighted by Gasteiger charge is -2.16. The Kier molecular flexibility index (Phi) is 10.00. The van der Waals surface area contributed by atoms with E-state index in [4.69, 9.17) is 4.74 Å². The van der Waals surface area contributed by atoms with E-state index in [1.54, 1.807) is 7.05 Å². The summed E-state index contributed by atoms with van der Waals surface area (Å²) in [6.07, 6.45) is 2.51. The Balaban J connectivity index is 0.00000324. The first-order valence-corrected chi connectivity index (χ1v) is 11.6. The van der Waals surface area contributed by atoms with E-state index >= 15 is 0 Å². The molecule has 180 valence electrons. The summed E-state index contributed by atoms with van der Waals surface area (Å²) in [5.41, 5.74) is 2.33. The molecule has 0 bridgehead atoms. The van der Waals surface area contributed by atoms with Gasteiger partial charge in [0, 0.05) is 39.6 Å². The second-order valence-corrected chi connectivity index (χ2v) is 8.30. The molecular formula is C27H33IN4O2. The van der Waals surface area contributed by atoms with Crippen molar-refractivity contribution in [2.45, 2.75) is 32.4 Å². The Morgan fingerprint density at radius 3 is 2.62 bits per heavy atom. The maximum Gasteiger partial charge on any atom is 0.222 e. The first-order valence-electron chi connectivity index (χ1n) is 11.6. The van der Waals surface area contributed by atoms with E-state index in [1.807, 2.05) is 29.2 Å². The summed E-state index contributed by atoms with van der Waals surface area (Å²) in [4.78, 5) is 18.1. The van der Waals surface area contributed by atoms with Gasteiger partial charge in [-0.3, -0.25) is 9.79 Å². The Bertz CT molecular complexity index is 1120. The SMILES string of the molecule is CN=C(NCCCOc1ccc2ccccc2c1)NCc1cccc(CN2CCCC2=O)c1.I. The summed E-state index contributed by atoms with van der Waals surface area (Å²) in [6.45, 7) is 3.64. The highest BCUT2D eigenvalue weighted by atomic mass is 127. The van der Waals surface area contributed by atoms with Crippen molar-refractivity contribution in [3.8, 4) is 5.75 Å². The maximum atomic E-state index is 11.9. The van der Waals surface area contributed by atoms with Crippen LogP contribution in [-0.4, -0.2) is 43.5 Å². The smallest absolute Gasteiger partial charge is 0.222 e. The monoisotopic (exact) mass is 572 g/mol. The van der Waals surface area contributed by atoms with Crippen molar-refractivity contribution in [1.82, 2.24) is 15.5 Å². The summed E-state index contributed by atoms with van der Waals surface area (Å²) in [5, 5.41) is 9.11. The topological polar surface area (TPSA) is 66.0 Å². The van der Waals surface area contributed by atoms with Gasteiger partial charge in [-0.1, -0.05) is 54.6 Å². The van der Waals surface area contributed by atoms with Gasteiger partial charge in [-0.15, -0.1) is 24.0 Å². The number of benzene rings is 3. The molecule has 7 heteroatoms. The van der Waals surface area contributed by atoms with E-state index in [9.17, 15) is 4.79 Å². The fourth-order valence-corrected chi connectivity index (χ4v) is 4.06. The lowest BCUT2D eigenvalue weighted by molar-refractivity contribution is -0.128. The molecule has 1 saturated heterocycles. The number of hydrogen-bond acceptors (Lipinski definition) is 3. The zero-order chi connectivity index (χ0) is 22.9. The first kappa shape index (κ1) is 25.8. The number of ether oxygens (including phenoxy) is 1. The second kappa shape index (κ2) is 13.2. The number of halogens is 1. The Morgan fingerprint density at radius 2 is 1.82 bits per heavy atom. The Labute approximate surface area is 218 Å². The first-order chi connectivity index (χ1) is 16.2. The van der Waals surface area contributed by atoms with Gasteiger partial charge < -0.3 is 20.3 Å². The van der Waals surface area contributed by atoms with Gasteiger partial charge in [0.05, 0.1) is 6.61 Å². The predicted molar refractivity (Wildman–Crippen MR) is 149 cm³/mol. The normalized spacial score (nSPS) is 13.6. The van der Waals surface area contributed by atoms with Crippen molar-refractivity contribution < 1.29 is 9.53 Å². The lowest BCUT2D eigenvalue weighted by atomic mass is 10.1. The second-order valence-electron chi connectivity index (χ2n) is 8.30. The average Bonchev–Trinajstić information content (AvgIpc) is 3.25. The number of guanidine groups is 1. The van der Waals surface area contributed by atoms with Gasteiger partial charge in [0.25, 0.3) is 0 Å². The van der Waals surface area contributed by atoms with Gasteiger partial charge in [-0.05, 0) is 46.9 Å². The van der Waals surface area contributed by atoms with E-state index in [-0.39, 0.29) is 29.9 Å². The number of likely N-dealkylation sites (tertiary alicyclic amines) is 1. The molecule has 3 aromatic rings. The molecule has 0 radical (unpaired) electrons. The summed E-state index contributed by atoms with van der Waals surface area (Å²) >= 11 is 0. The number of amides is 1. The van der Waals surface area contributed by atoms with Crippen LogP contribution in [0.15, 0.2) is 71.7 Å². The van der Waals surface area contributed by atoms with Gasteiger partial charge in [0.15, 0.2) is 5.96 Å². The molecule has 1 aliphatic heterocycles. The minimum atomic E-state index is 0. The molecule has 0 atom stereocenters. The fourth-order valence-electron chi connectivity index (χ4n) is 4.06. The average molecular weight is 572 g/mol. The van der Waals surface area contributed by atoms with Gasteiger partial charge in [-0.25, -0.2) is 0 Å². The van der Waals surface area contributed by atoms with Crippen molar-refractivity contribution in [3.05, 3.63) is 77.9 Å². The van der Waals surface area contributed by atoms with Crippen LogP contribution in [0.25, 0.3) is 10.8 Å². The number of hydrogen-bond donors (Lipinski definition) is 2. The van der Waals surface area contributed by atoms with Crippen molar-refractivity contribution >= 4 is 46.6 Å². The number of rotatable bonds is 9. The molecule has 0 aliphatic carbocycles. The predicted octanol–water partition coefficient (Wildman–Crippen LogP) is 4.71. The molecule has 34 heavy (non-hydrogen) atoms. The number of fused-ring (bicyclic) bond motifs is 1.